The molecule has 2 aromatic carbocycles. The summed E-state index contributed by atoms with van der Waals surface area (Å²) < 4.78 is 11.7. The molecule has 3 rings (SSSR count). The average molecular weight is 365 g/mol. The zero-order valence-corrected chi connectivity index (χ0v) is 15.0. The summed E-state index contributed by atoms with van der Waals surface area (Å²) in [5, 5.41) is 6.92. The normalized spacial score (nSPS) is 10.3. The molecule has 27 heavy (non-hydrogen) atoms. The molecule has 7 heteroatoms. The highest BCUT2D eigenvalue weighted by Crippen LogP contribution is 2.29. The standard InChI is InChI=1S/C20H19N3O4/c1-26-15-8-9-16(18(12-15)27-2)21-20(25)17-10-11-19(24)23(22-17)13-14-6-4-3-5-7-14/h3-12H,13H2,1-2H3,(H,21,25). The SMILES string of the molecule is COc1ccc(NC(=O)c2ccc(=O)n(Cc3ccccc3)n2)c(OC)c1. The van der Waals surface area contributed by atoms with Crippen molar-refractivity contribution < 1.29 is 14.3 Å². The van der Waals surface area contributed by atoms with E-state index in [1.807, 2.05) is 30.3 Å². The number of ether oxygens (including phenoxy) is 2. The zero-order chi connectivity index (χ0) is 19.2. The smallest absolute Gasteiger partial charge is 0.276 e. The Balaban J connectivity index is 1.83. The van der Waals surface area contributed by atoms with Crippen LogP contribution >= 0.6 is 0 Å². The van der Waals surface area contributed by atoms with Gasteiger partial charge in [-0.25, -0.2) is 4.68 Å². The largest absolute Gasteiger partial charge is 0.497 e. The molecule has 0 spiro atoms. The Morgan fingerprint density at radius 1 is 1.04 bits per heavy atom. The van der Waals surface area contributed by atoms with Gasteiger partial charge >= 0.3 is 0 Å². The number of benzene rings is 2. The molecule has 138 valence electrons. The molecule has 0 bridgehead atoms. The number of aromatic nitrogens is 2. The van der Waals surface area contributed by atoms with Gasteiger partial charge in [-0.2, -0.15) is 5.10 Å². The van der Waals surface area contributed by atoms with Gasteiger partial charge in [0.1, 0.15) is 17.2 Å². The maximum Gasteiger partial charge on any atom is 0.276 e. The van der Waals surface area contributed by atoms with Crippen LogP contribution in [0.2, 0.25) is 0 Å². The minimum Gasteiger partial charge on any atom is -0.497 e. The zero-order valence-electron chi connectivity index (χ0n) is 15.0. The van der Waals surface area contributed by atoms with Crippen LogP contribution in [0.1, 0.15) is 16.1 Å². The molecule has 1 N–H and O–H groups in total. The van der Waals surface area contributed by atoms with Gasteiger partial charge in [-0.05, 0) is 23.8 Å². The van der Waals surface area contributed by atoms with Gasteiger partial charge in [0.25, 0.3) is 11.5 Å². The molecule has 0 aliphatic rings. The molecule has 0 saturated carbocycles. The molecule has 1 amide bonds. The van der Waals surface area contributed by atoms with Crippen LogP contribution in [0.3, 0.4) is 0 Å². The van der Waals surface area contributed by atoms with Crippen molar-refractivity contribution in [3.63, 3.8) is 0 Å². The summed E-state index contributed by atoms with van der Waals surface area (Å²) in [6.45, 7) is 0.284. The van der Waals surface area contributed by atoms with E-state index in [1.54, 1.807) is 25.3 Å². The van der Waals surface area contributed by atoms with E-state index in [4.69, 9.17) is 9.47 Å². The summed E-state index contributed by atoms with van der Waals surface area (Å²) in [6.07, 6.45) is 0. The first-order valence-corrected chi connectivity index (χ1v) is 8.26. The van der Waals surface area contributed by atoms with E-state index in [0.717, 1.165) is 5.56 Å². The molecule has 0 atom stereocenters. The lowest BCUT2D eigenvalue weighted by Crippen LogP contribution is -2.26. The van der Waals surface area contributed by atoms with Gasteiger partial charge in [-0.3, -0.25) is 9.59 Å². The number of hydrogen-bond donors (Lipinski definition) is 1. The van der Waals surface area contributed by atoms with Crippen LogP contribution < -0.4 is 20.3 Å². The molecular formula is C20H19N3O4. The topological polar surface area (TPSA) is 82.5 Å². The molecule has 0 unspecified atom stereocenters. The third-order valence-electron chi connectivity index (χ3n) is 3.93. The lowest BCUT2D eigenvalue weighted by molar-refractivity contribution is 0.101. The summed E-state index contributed by atoms with van der Waals surface area (Å²) in [5.74, 6) is 0.625. The van der Waals surface area contributed by atoms with Gasteiger partial charge < -0.3 is 14.8 Å². The van der Waals surface area contributed by atoms with Crippen molar-refractivity contribution in [1.82, 2.24) is 9.78 Å². The number of carbonyl (C=O) groups is 1. The number of nitrogens with one attached hydrogen (secondary N) is 1. The summed E-state index contributed by atoms with van der Waals surface area (Å²) in [4.78, 5) is 24.6. The molecule has 0 radical (unpaired) electrons. The first kappa shape index (κ1) is 18.2. The maximum absolute atomic E-state index is 12.6. The van der Waals surface area contributed by atoms with E-state index in [-0.39, 0.29) is 17.8 Å². The van der Waals surface area contributed by atoms with E-state index < -0.39 is 5.91 Å². The van der Waals surface area contributed by atoms with Gasteiger partial charge in [-0.1, -0.05) is 30.3 Å². The Bertz CT molecular complexity index is 1000. The first-order valence-electron chi connectivity index (χ1n) is 8.26. The molecule has 7 nitrogen and oxygen atoms in total. The second-order valence-corrected chi connectivity index (χ2v) is 5.72. The monoisotopic (exact) mass is 365 g/mol. The Hall–Kier alpha value is -3.61. The molecule has 0 aliphatic heterocycles. The fourth-order valence-corrected chi connectivity index (χ4v) is 2.53. The highest BCUT2D eigenvalue weighted by atomic mass is 16.5. The van der Waals surface area contributed by atoms with Crippen molar-refractivity contribution in [3.8, 4) is 11.5 Å². The van der Waals surface area contributed by atoms with E-state index >= 15 is 0 Å². The molecule has 0 fully saturated rings. The van der Waals surface area contributed by atoms with Gasteiger partial charge in [-0.15, -0.1) is 0 Å². The van der Waals surface area contributed by atoms with Gasteiger partial charge in [0, 0.05) is 12.1 Å². The number of amides is 1. The molecule has 1 aromatic heterocycles. The predicted molar refractivity (Wildman–Crippen MR) is 102 cm³/mol. The van der Waals surface area contributed by atoms with Crippen molar-refractivity contribution >= 4 is 11.6 Å². The number of nitrogens with zero attached hydrogens (tertiary/aromatic N) is 2. The van der Waals surface area contributed by atoms with E-state index in [1.165, 1.54) is 23.9 Å². The van der Waals surface area contributed by atoms with Crippen molar-refractivity contribution in [2.45, 2.75) is 6.54 Å². The molecule has 1 heterocycles. The highest BCUT2D eigenvalue weighted by molar-refractivity contribution is 6.03. The number of hydrogen-bond acceptors (Lipinski definition) is 5. The van der Waals surface area contributed by atoms with Crippen LogP contribution in [0.25, 0.3) is 0 Å². The second-order valence-electron chi connectivity index (χ2n) is 5.72. The maximum atomic E-state index is 12.6. The lowest BCUT2D eigenvalue weighted by Gasteiger charge is -2.12. The first-order chi connectivity index (χ1) is 13.1. The average Bonchev–Trinajstić information content (AvgIpc) is 2.70. The molecule has 0 saturated heterocycles. The van der Waals surface area contributed by atoms with Crippen LogP contribution in [0.5, 0.6) is 11.5 Å². The van der Waals surface area contributed by atoms with Gasteiger partial charge in [0.05, 0.1) is 26.5 Å². The Morgan fingerprint density at radius 3 is 2.52 bits per heavy atom. The minimum absolute atomic E-state index is 0.128. The summed E-state index contributed by atoms with van der Waals surface area (Å²) in [6, 6.07) is 17.2. The van der Waals surface area contributed by atoms with Gasteiger partial charge in [0.15, 0.2) is 0 Å². The van der Waals surface area contributed by atoms with E-state index in [2.05, 4.69) is 10.4 Å². The quantitative estimate of drug-likeness (QED) is 0.726. The van der Waals surface area contributed by atoms with Crippen LogP contribution in [0.4, 0.5) is 5.69 Å². The minimum atomic E-state index is -0.444. The predicted octanol–water partition coefficient (Wildman–Crippen LogP) is 2.56. The lowest BCUT2D eigenvalue weighted by atomic mass is 10.2. The molecular weight excluding hydrogens is 346 g/mol. The van der Waals surface area contributed by atoms with Crippen molar-refractivity contribution in [3.05, 3.63) is 82.3 Å². The number of anilines is 1. The summed E-state index contributed by atoms with van der Waals surface area (Å²) >= 11 is 0. The third kappa shape index (κ3) is 4.33. The van der Waals surface area contributed by atoms with Gasteiger partial charge in [0.2, 0.25) is 0 Å². The van der Waals surface area contributed by atoms with E-state index in [0.29, 0.717) is 17.2 Å². The Morgan fingerprint density at radius 2 is 1.81 bits per heavy atom. The highest BCUT2D eigenvalue weighted by Gasteiger charge is 2.13. The molecule has 3 aromatic rings. The summed E-state index contributed by atoms with van der Waals surface area (Å²) in [7, 11) is 3.05. The van der Waals surface area contributed by atoms with Crippen molar-refractivity contribution in [2.24, 2.45) is 0 Å². The van der Waals surface area contributed by atoms with Crippen LogP contribution in [0.15, 0.2) is 65.5 Å². The third-order valence-corrected chi connectivity index (χ3v) is 3.93. The van der Waals surface area contributed by atoms with Crippen LogP contribution in [0, 0.1) is 0 Å². The fourth-order valence-electron chi connectivity index (χ4n) is 2.53. The molecule has 0 aliphatic carbocycles. The fraction of sp³-hybridized carbons (Fsp3) is 0.150. The van der Waals surface area contributed by atoms with Crippen molar-refractivity contribution in [2.75, 3.05) is 19.5 Å². The van der Waals surface area contributed by atoms with Crippen LogP contribution in [-0.2, 0) is 6.54 Å². The van der Waals surface area contributed by atoms with E-state index in [9.17, 15) is 9.59 Å². The number of carbonyl (C=O) groups excluding carboxylic acids is 1. The van der Waals surface area contributed by atoms with Crippen LogP contribution in [-0.4, -0.2) is 29.9 Å². The Labute approximate surface area is 156 Å². The number of rotatable bonds is 6. The number of methoxy groups -OCH3 is 2. The second kappa shape index (κ2) is 8.18. The summed E-state index contributed by atoms with van der Waals surface area (Å²) in [5.41, 5.74) is 1.24. The Kier molecular flexibility index (Phi) is 5.51. The van der Waals surface area contributed by atoms with Crippen molar-refractivity contribution in [1.29, 1.82) is 0 Å².